The number of rotatable bonds is 2. The van der Waals surface area contributed by atoms with Crippen molar-refractivity contribution in [3.05, 3.63) is 27.7 Å². The number of alkyl halides is 1. The van der Waals surface area contributed by atoms with Gasteiger partial charge in [-0.3, -0.25) is 0 Å². The first kappa shape index (κ1) is 15.6. The molecule has 0 bridgehead atoms. The molecule has 2 rings (SSSR count). The van der Waals surface area contributed by atoms with Gasteiger partial charge in [0.25, 0.3) is 0 Å². The average molecular weight is 366 g/mol. The van der Waals surface area contributed by atoms with Crippen LogP contribution in [0.5, 0.6) is 0 Å². The minimum absolute atomic E-state index is 0.368. The lowest BCUT2D eigenvalue weighted by Crippen LogP contribution is -2.41. The maximum atomic E-state index is 6.25. The van der Waals surface area contributed by atoms with Gasteiger partial charge in [-0.05, 0) is 44.8 Å². The number of benzene rings is 1. The Hall–Kier alpha value is 0.265. The van der Waals surface area contributed by atoms with E-state index in [1.165, 1.54) is 0 Å². The van der Waals surface area contributed by atoms with E-state index in [1.807, 2.05) is 33.8 Å². The highest BCUT2D eigenvalue weighted by Gasteiger charge is 2.52. The molecular formula is C13H16BBrCl2O2. The van der Waals surface area contributed by atoms with Crippen molar-refractivity contribution < 1.29 is 9.31 Å². The van der Waals surface area contributed by atoms with Gasteiger partial charge in [0.05, 0.1) is 21.2 Å². The van der Waals surface area contributed by atoms with Crippen molar-refractivity contribution in [1.82, 2.24) is 0 Å². The SMILES string of the molecule is CC1(C)OB(c2ccc(Cl)c(Cl)c2CBr)OC1(C)C. The van der Waals surface area contributed by atoms with Gasteiger partial charge in [-0.25, -0.2) is 0 Å². The van der Waals surface area contributed by atoms with E-state index in [0.717, 1.165) is 11.0 Å². The molecule has 6 heteroatoms. The van der Waals surface area contributed by atoms with Crippen molar-refractivity contribution in [3.8, 4) is 0 Å². The monoisotopic (exact) mass is 364 g/mol. The predicted octanol–water partition coefficient (Wildman–Crippen LogP) is 4.19. The van der Waals surface area contributed by atoms with E-state index in [1.54, 1.807) is 6.07 Å². The summed E-state index contributed by atoms with van der Waals surface area (Å²) in [6, 6.07) is 3.68. The third-order valence-electron chi connectivity index (χ3n) is 3.87. The van der Waals surface area contributed by atoms with Crippen LogP contribution < -0.4 is 5.46 Å². The fourth-order valence-electron chi connectivity index (χ4n) is 1.93. The summed E-state index contributed by atoms with van der Waals surface area (Å²) in [5.41, 5.74) is 1.10. The number of hydrogen-bond donors (Lipinski definition) is 0. The summed E-state index contributed by atoms with van der Waals surface area (Å²) in [6.45, 7) is 8.10. The average Bonchev–Trinajstić information content (AvgIpc) is 2.51. The molecule has 0 amide bonds. The highest BCUT2D eigenvalue weighted by Crippen LogP contribution is 2.37. The van der Waals surface area contributed by atoms with E-state index in [4.69, 9.17) is 32.5 Å². The molecule has 104 valence electrons. The second-order valence-corrected chi connectivity index (χ2v) is 7.00. The van der Waals surface area contributed by atoms with Gasteiger partial charge in [0.2, 0.25) is 0 Å². The molecule has 1 fully saturated rings. The van der Waals surface area contributed by atoms with Crippen LogP contribution in [0.25, 0.3) is 0 Å². The van der Waals surface area contributed by atoms with Gasteiger partial charge < -0.3 is 9.31 Å². The highest BCUT2D eigenvalue weighted by molar-refractivity contribution is 9.08. The normalized spacial score (nSPS) is 20.9. The lowest BCUT2D eigenvalue weighted by molar-refractivity contribution is 0.00578. The molecule has 19 heavy (non-hydrogen) atoms. The first-order chi connectivity index (χ1) is 8.69. The smallest absolute Gasteiger partial charge is 0.399 e. The Kier molecular flexibility index (Phi) is 4.31. The molecule has 0 atom stereocenters. The van der Waals surface area contributed by atoms with Crippen LogP contribution in [0.1, 0.15) is 33.3 Å². The lowest BCUT2D eigenvalue weighted by Gasteiger charge is -2.32. The molecule has 1 aromatic rings. The second kappa shape index (κ2) is 5.23. The fraction of sp³-hybridized carbons (Fsp3) is 0.538. The topological polar surface area (TPSA) is 18.5 Å². The second-order valence-electron chi connectivity index (χ2n) is 5.65. The van der Waals surface area contributed by atoms with Crippen molar-refractivity contribution in [3.63, 3.8) is 0 Å². The van der Waals surface area contributed by atoms with E-state index in [2.05, 4.69) is 15.9 Å². The Labute approximate surface area is 133 Å². The van der Waals surface area contributed by atoms with Crippen molar-refractivity contribution in [1.29, 1.82) is 0 Å². The minimum Gasteiger partial charge on any atom is -0.399 e. The Morgan fingerprint density at radius 3 is 2.11 bits per heavy atom. The van der Waals surface area contributed by atoms with Gasteiger partial charge in [-0.2, -0.15) is 0 Å². The summed E-state index contributed by atoms with van der Waals surface area (Å²) in [4.78, 5) is 0. The van der Waals surface area contributed by atoms with Crippen LogP contribution in [0.2, 0.25) is 10.0 Å². The Morgan fingerprint density at radius 1 is 1.11 bits per heavy atom. The van der Waals surface area contributed by atoms with E-state index in [0.29, 0.717) is 15.4 Å². The molecule has 1 aliphatic heterocycles. The zero-order valence-corrected chi connectivity index (χ0v) is 14.5. The quantitative estimate of drug-likeness (QED) is 0.578. The van der Waals surface area contributed by atoms with Gasteiger partial charge >= 0.3 is 7.12 Å². The largest absolute Gasteiger partial charge is 0.495 e. The maximum absolute atomic E-state index is 6.25. The Bertz CT molecular complexity index is 490. The van der Waals surface area contributed by atoms with Crippen molar-refractivity contribution >= 4 is 51.7 Å². The van der Waals surface area contributed by atoms with E-state index >= 15 is 0 Å². The van der Waals surface area contributed by atoms with Crippen LogP contribution in [-0.4, -0.2) is 18.3 Å². The lowest BCUT2D eigenvalue weighted by atomic mass is 9.76. The number of hydrogen-bond acceptors (Lipinski definition) is 2. The van der Waals surface area contributed by atoms with Crippen molar-refractivity contribution in [2.75, 3.05) is 0 Å². The summed E-state index contributed by atoms with van der Waals surface area (Å²) >= 11 is 15.7. The van der Waals surface area contributed by atoms with Crippen LogP contribution in [0.4, 0.5) is 0 Å². The number of halogens is 3. The molecule has 0 saturated carbocycles. The Balaban J connectivity index is 2.43. The first-order valence-electron chi connectivity index (χ1n) is 6.08. The minimum atomic E-state index is -0.424. The maximum Gasteiger partial charge on any atom is 0.495 e. The molecule has 0 radical (unpaired) electrons. The molecule has 0 spiro atoms. The van der Waals surface area contributed by atoms with Crippen LogP contribution >= 0.6 is 39.1 Å². The summed E-state index contributed by atoms with van der Waals surface area (Å²) in [5.74, 6) is 0. The standard InChI is InChI=1S/C13H16BBrCl2O2/c1-12(2)13(3,4)19-14(18-12)9-5-6-10(16)11(17)8(9)7-15/h5-6H,7H2,1-4H3. The van der Waals surface area contributed by atoms with Gasteiger partial charge in [-0.15, -0.1) is 0 Å². The molecule has 0 aliphatic carbocycles. The van der Waals surface area contributed by atoms with E-state index < -0.39 is 7.12 Å². The molecule has 1 saturated heterocycles. The van der Waals surface area contributed by atoms with Crippen LogP contribution in [0.15, 0.2) is 12.1 Å². The third-order valence-corrected chi connectivity index (χ3v) is 5.28. The molecule has 0 aromatic heterocycles. The van der Waals surface area contributed by atoms with E-state index in [-0.39, 0.29) is 11.2 Å². The van der Waals surface area contributed by atoms with E-state index in [9.17, 15) is 0 Å². The summed E-state index contributed by atoms with van der Waals surface area (Å²) < 4.78 is 12.1. The van der Waals surface area contributed by atoms with Crippen LogP contribution in [-0.2, 0) is 14.6 Å². The summed E-state index contributed by atoms with van der Waals surface area (Å²) in [6.07, 6.45) is 0. The van der Waals surface area contributed by atoms with Gasteiger partial charge in [0.15, 0.2) is 0 Å². The highest BCUT2D eigenvalue weighted by atomic mass is 79.9. The molecule has 0 unspecified atom stereocenters. The summed E-state index contributed by atoms with van der Waals surface area (Å²) in [5, 5.41) is 1.69. The first-order valence-corrected chi connectivity index (χ1v) is 7.96. The molecule has 1 aromatic carbocycles. The van der Waals surface area contributed by atoms with Gasteiger partial charge in [-0.1, -0.05) is 45.2 Å². The molecule has 2 nitrogen and oxygen atoms in total. The zero-order valence-electron chi connectivity index (χ0n) is 11.4. The zero-order chi connectivity index (χ0) is 14.4. The molecule has 1 heterocycles. The van der Waals surface area contributed by atoms with Crippen molar-refractivity contribution in [2.45, 2.75) is 44.2 Å². The van der Waals surface area contributed by atoms with Gasteiger partial charge in [0, 0.05) is 5.33 Å². The Morgan fingerprint density at radius 2 is 1.63 bits per heavy atom. The predicted molar refractivity (Wildman–Crippen MR) is 84.8 cm³/mol. The van der Waals surface area contributed by atoms with Crippen LogP contribution in [0.3, 0.4) is 0 Å². The molecular weight excluding hydrogens is 350 g/mol. The van der Waals surface area contributed by atoms with Crippen molar-refractivity contribution in [2.24, 2.45) is 0 Å². The molecule has 1 aliphatic rings. The summed E-state index contributed by atoms with van der Waals surface area (Å²) in [7, 11) is -0.424. The van der Waals surface area contributed by atoms with Crippen LogP contribution in [0, 0.1) is 0 Å². The molecule has 0 N–H and O–H groups in total. The third kappa shape index (κ3) is 2.70. The van der Waals surface area contributed by atoms with Gasteiger partial charge in [0.1, 0.15) is 0 Å². The fourth-order valence-corrected chi connectivity index (χ4v) is 3.12.